The number of hydrogen-bond donors (Lipinski definition) is 1. The number of benzene rings is 2. The van der Waals surface area contributed by atoms with Gasteiger partial charge in [0, 0.05) is 0 Å². The summed E-state index contributed by atoms with van der Waals surface area (Å²) in [6, 6.07) is 13.1. The second-order valence-corrected chi connectivity index (χ2v) is 4.09. The summed E-state index contributed by atoms with van der Waals surface area (Å²) in [5, 5.41) is 8.99. The average Bonchev–Trinajstić information content (AvgIpc) is 2.39. The Balaban J connectivity index is 2.03. The normalized spacial score (nSPS) is 10.4. The van der Waals surface area contributed by atoms with Gasteiger partial charge in [-0.05, 0) is 29.3 Å². The lowest BCUT2D eigenvalue weighted by molar-refractivity contribution is 0.0684. The van der Waals surface area contributed by atoms with Crippen LogP contribution in [-0.4, -0.2) is 11.1 Å². The highest BCUT2D eigenvalue weighted by Crippen LogP contribution is 2.14. The molecule has 98 valence electrons. The van der Waals surface area contributed by atoms with Crippen molar-refractivity contribution in [3.8, 4) is 0 Å². The molecule has 0 aliphatic carbocycles. The summed E-state index contributed by atoms with van der Waals surface area (Å²) in [5.74, 6) is -1.55. The predicted molar refractivity (Wildman–Crippen MR) is 68.3 cm³/mol. The van der Waals surface area contributed by atoms with E-state index in [9.17, 15) is 9.18 Å². The molecule has 0 heterocycles. The first-order valence-corrected chi connectivity index (χ1v) is 5.80. The minimum Gasteiger partial charge on any atom is -0.478 e. The van der Waals surface area contributed by atoms with Gasteiger partial charge in [-0.15, -0.1) is 0 Å². The van der Waals surface area contributed by atoms with Gasteiger partial charge in [0.1, 0.15) is 5.82 Å². The van der Waals surface area contributed by atoms with Crippen LogP contribution in [0.2, 0.25) is 0 Å². The molecule has 0 aliphatic heterocycles. The Morgan fingerprint density at radius 3 is 2.53 bits per heavy atom. The van der Waals surface area contributed by atoms with E-state index in [2.05, 4.69) is 0 Å². The molecule has 3 nitrogen and oxygen atoms in total. The molecule has 0 aromatic heterocycles. The van der Waals surface area contributed by atoms with Crippen LogP contribution in [0.3, 0.4) is 0 Å². The molecule has 0 amide bonds. The third kappa shape index (κ3) is 3.63. The summed E-state index contributed by atoms with van der Waals surface area (Å²) in [6.45, 7) is 0.421. The lowest BCUT2D eigenvalue weighted by Crippen LogP contribution is -2.05. The Morgan fingerprint density at radius 1 is 1.11 bits per heavy atom. The summed E-state index contributed by atoms with van der Waals surface area (Å²) < 4.78 is 18.5. The summed E-state index contributed by atoms with van der Waals surface area (Å²) in [5.41, 5.74) is 1.38. The first kappa shape index (κ1) is 13.2. The van der Waals surface area contributed by atoms with Crippen molar-refractivity contribution in [2.24, 2.45) is 0 Å². The molecule has 0 aliphatic rings. The number of ether oxygens (including phenoxy) is 1. The molecule has 0 fully saturated rings. The molecule has 2 aromatic rings. The van der Waals surface area contributed by atoms with Gasteiger partial charge >= 0.3 is 5.97 Å². The van der Waals surface area contributed by atoms with E-state index >= 15 is 0 Å². The summed E-state index contributed by atoms with van der Waals surface area (Å²) in [7, 11) is 0. The van der Waals surface area contributed by atoms with Crippen molar-refractivity contribution in [3.05, 3.63) is 71.0 Å². The molecule has 0 saturated heterocycles. The van der Waals surface area contributed by atoms with Gasteiger partial charge in [-0.3, -0.25) is 0 Å². The topological polar surface area (TPSA) is 46.5 Å². The molecule has 2 rings (SSSR count). The molecule has 0 radical (unpaired) electrons. The van der Waals surface area contributed by atoms with Gasteiger partial charge in [-0.1, -0.05) is 30.3 Å². The molecule has 0 atom stereocenters. The third-order valence-corrected chi connectivity index (χ3v) is 2.67. The zero-order valence-corrected chi connectivity index (χ0v) is 10.2. The van der Waals surface area contributed by atoms with Crippen molar-refractivity contribution in [2.45, 2.75) is 13.2 Å². The fourth-order valence-electron chi connectivity index (χ4n) is 1.74. The molecular formula is C15H13FO3. The van der Waals surface area contributed by atoms with Crippen LogP contribution in [0, 0.1) is 5.82 Å². The lowest BCUT2D eigenvalue weighted by Gasteiger charge is -2.07. The van der Waals surface area contributed by atoms with Crippen LogP contribution >= 0.6 is 0 Å². The van der Waals surface area contributed by atoms with E-state index in [1.807, 2.05) is 30.3 Å². The standard InChI is InChI=1S/C15H13FO3/c16-13-6-7-14(15(17)18)12(8-13)10-19-9-11-4-2-1-3-5-11/h1-8H,9-10H2,(H,17,18). The fraction of sp³-hybridized carbons (Fsp3) is 0.133. The molecule has 0 saturated carbocycles. The van der Waals surface area contributed by atoms with Crippen LogP contribution in [0.4, 0.5) is 4.39 Å². The maximum Gasteiger partial charge on any atom is 0.336 e. The largest absolute Gasteiger partial charge is 0.478 e. The van der Waals surface area contributed by atoms with Crippen LogP contribution in [0.1, 0.15) is 21.5 Å². The maximum atomic E-state index is 13.1. The van der Waals surface area contributed by atoms with E-state index in [1.165, 1.54) is 12.1 Å². The second-order valence-electron chi connectivity index (χ2n) is 4.09. The SMILES string of the molecule is O=C(O)c1ccc(F)cc1COCc1ccccc1. The monoisotopic (exact) mass is 260 g/mol. The highest BCUT2D eigenvalue weighted by atomic mass is 19.1. The van der Waals surface area contributed by atoms with Gasteiger partial charge < -0.3 is 9.84 Å². The van der Waals surface area contributed by atoms with Crippen LogP contribution < -0.4 is 0 Å². The van der Waals surface area contributed by atoms with Crippen molar-refractivity contribution in [1.29, 1.82) is 0 Å². The van der Waals surface area contributed by atoms with Gasteiger partial charge in [0.15, 0.2) is 0 Å². The molecule has 4 heteroatoms. The van der Waals surface area contributed by atoms with Crippen molar-refractivity contribution in [2.75, 3.05) is 0 Å². The number of carboxylic acids is 1. The highest BCUT2D eigenvalue weighted by Gasteiger charge is 2.10. The van der Waals surface area contributed by atoms with Crippen LogP contribution in [0.25, 0.3) is 0 Å². The third-order valence-electron chi connectivity index (χ3n) is 2.67. The van der Waals surface area contributed by atoms with Crippen LogP contribution in [-0.2, 0) is 18.0 Å². The molecule has 0 unspecified atom stereocenters. The second kappa shape index (κ2) is 6.11. The number of carbonyl (C=O) groups is 1. The highest BCUT2D eigenvalue weighted by molar-refractivity contribution is 5.89. The maximum absolute atomic E-state index is 13.1. The average molecular weight is 260 g/mol. The molecule has 0 spiro atoms. The zero-order valence-electron chi connectivity index (χ0n) is 10.2. The summed E-state index contributed by atoms with van der Waals surface area (Å²) >= 11 is 0. The first-order valence-electron chi connectivity index (χ1n) is 5.80. The van der Waals surface area contributed by atoms with E-state index in [0.717, 1.165) is 11.6 Å². The van der Waals surface area contributed by atoms with Gasteiger partial charge in [-0.25, -0.2) is 9.18 Å². The molecule has 1 N–H and O–H groups in total. The molecule has 2 aromatic carbocycles. The zero-order chi connectivity index (χ0) is 13.7. The van der Waals surface area contributed by atoms with Crippen molar-refractivity contribution in [3.63, 3.8) is 0 Å². The van der Waals surface area contributed by atoms with Crippen LogP contribution in [0.15, 0.2) is 48.5 Å². The van der Waals surface area contributed by atoms with E-state index in [4.69, 9.17) is 9.84 Å². The Morgan fingerprint density at radius 2 is 1.84 bits per heavy atom. The van der Waals surface area contributed by atoms with Gasteiger partial charge in [0.05, 0.1) is 18.8 Å². The summed E-state index contributed by atoms with van der Waals surface area (Å²) in [4.78, 5) is 11.0. The molecule has 19 heavy (non-hydrogen) atoms. The van der Waals surface area contributed by atoms with Crippen LogP contribution in [0.5, 0.6) is 0 Å². The van der Waals surface area contributed by atoms with Crippen molar-refractivity contribution in [1.82, 2.24) is 0 Å². The number of rotatable bonds is 5. The number of aromatic carboxylic acids is 1. The number of carboxylic acid groups (broad SMARTS) is 1. The van der Waals surface area contributed by atoms with Gasteiger partial charge in [0.25, 0.3) is 0 Å². The molecule has 0 bridgehead atoms. The Bertz CT molecular complexity index is 567. The van der Waals surface area contributed by atoms with Gasteiger partial charge in [0.2, 0.25) is 0 Å². The fourth-order valence-corrected chi connectivity index (χ4v) is 1.74. The summed E-state index contributed by atoms with van der Waals surface area (Å²) in [6.07, 6.45) is 0. The quantitative estimate of drug-likeness (QED) is 0.897. The van der Waals surface area contributed by atoms with Crippen molar-refractivity contribution >= 4 is 5.97 Å². The Kier molecular flexibility index (Phi) is 4.26. The first-order chi connectivity index (χ1) is 9.16. The Hall–Kier alpha value is -2.20. The van der Waals surface area contributed by atoms with E-state index in [1.54, 1.807) is 0 Å². The van der Waals surface area contributed by atoms with Gasteiger partial charge in [-0.2, -0.15) is 0 Å². The van der Waals surface area contributed by atoms with E-state index in [-0.39, 0.29) is 12.2 Å². The smallest absolute Gasteiger partial charge is 0.336 e. The molecular weight excluding hydrogens is 247 g/mol. The minimum atomic E-state index is -1.08. The lowest BCUT2D eigenvalue weighted by atomic mass is 10.1. The van der Waals surface area contributed by atoms with E-state index in [0.29, 0.717) is 12.2 Å². The predicted octanol–water partition coefficient (Wildman–Crippen LogP) is 3.24. The Labute approximate surface area is 110 Å². The minimum absolute atomic E-state index is 0.0638. The number of halogens is 1. The number of hydrogen-bond acceptors (Lipinski definition) is 2. The van der Waals surface area contributed by atoms with E-state index < -0.39 is 11.8 Å². The van der Waals surface area contributed by atoms with Crippen molar-refractivity contribution < 1.29 is 19.0 Å².